The Morgan fingerprint density at radius 3 is 2.89 bits per heavy atom. The van der Waals surface area contributed by atoms with Gasteiger partial charge in [0.05, 0.1) is 10.6 Å². The van der Waals surface area contributed by atoms with Gasteiger partial charge in [0.2, 0.25) is 5.88 Å². The molecule has 1 aliphatic rings. The van der Waals surface area contributed by atoms with E-state index >= 15 is 0 Å². The number of rotatable bonds is 8. The lowest BCUT2D eigenvalue weighted by atomic mass is 10.0. The number of aliphatic imine (C=N–C) groups is 1. The molecule has 1 aromatic heterocycles. The third kappa shape index (κ3) is 4.36. The first-order valence-electron chi connectivity index (χ1n) is 9.03. The van der Waals surface area contributed by atoms with Crippen LogP contribution in [0.5, 0.6) is 5.88 Å². The van der Waals surface area contributed by atoms with Crippen LogP contribution in [0.2, 0.25) is 0 Å². The van der Waals surface area contributed by atoms with E-state index in [0.717, 1.165) is 41.0 Å². The van der Waals surface area contributed by atoms with Crippen molar-refractivity contribution in [2.24, 2.45) is 4.99 Å². The summed E-state index contributed by atoms with van der Waals surface area (Å²) in [4.78, 5) is 15.8. The van der Waals surface area contributed by atoms with Crippen LogP contribution in [0.15, 0.2) is 23.2 Å². The molecule has 0 saturated carbocycles. The number of nitrogens with zero attached hydrogens (tertiary/aromatic N) is 2. The van der Waals surface area contributed by atoms with Gasteiger partial charge in [-0.3, -0.25) is 14.4 Å². The van der Waals surface area contributed by atoms with Gasteiger partial charge in [-0.1, -0.05) is 31.5 Å². The molecule has 2 N–H and O–H groups in total. The maximum absolute atomic E-state index is 10.6. The number of aromatic nitrogens is 1. The summed E-state index contributed by atoms with van der Waals surface area (Å²) in [5.74, 6) is -0.604. The molecule has 7 heteroatoms. The molecular weight excluding hydrogens is 380 g/mol. The van der Waals surface area contributed by atoms with Gasteiger partial charge in [-0.15, -0.1) is 11.3 Å². The fourth-order valence-electron chi connectivity index (χ4n) is 3.15. The van der Waals surface area contributed by atoms with Crippen molar-refractivity contribution in [3.63, 3.8) is 0 Å². The zero-order valence-corrected chi connectivity index (χ0v) is 16.8. The van der Waals surface area contributed by atoms with Crippen LogP contribution in [0.1, 0.15) is 48.6 Å². The molecule has 1 aromatic carbocycles. The van der Waals surface area contributed by atoms with Crippen molar-refractivity contribution in [3.05, 3.63) is 38.2 Å². The highest BCUT2D eigenvalue weighted by atomic mass is 32.1. The van der Waals surface area contributed by atoms with E-state index < -0.39 is 5.97 Å². The second-order valence-corrected chi connectivity index (χ2v) is 8.11. The Kier molecular flexibility index (Phi) is 6.23. The molecule has 0 unspecified atom stereocenters. The molecule has 0 atom stereocenters. The van der Waals surface area contributed by atoms with Crippen molar-refractivity contribution < 1.29 is 15.0 Å². The monoisotopic (exact) mass is 402 g/mol. The van der Waals surface area contributed by atoms with Gasteiger partial charge < -0.3 is 10.2 Å². The van der Waals surface area contributed by atoms with Gasteiger partial charge in [0.1, 0.15) is 0 Å². The number of benzene rings is 1. The van der Waals surface area contributed by atoms with Gasteiger partial charge in [-0.25, -0.2) is 0 Å². The molecule has 0 amide bonds. The quantitative estimate of drug-likeness (QED) is 0.455. The van der Waals surface area contributed by atoms with E-state index in [4.69, 9.17) is 17.3 Å². The van der Waals surface area contributed by atoms with Crippen LogP contribution < -0.4 is 0 Å². The molecule has 1 aliphatic heterocycles. The van der Waals surface area contributed by atoms with Crippen molar-refractivity contribution in [2.45, 2.75) is 45.6 Å². The summed E-state index contributed by atoms with van der Waals surface area (Å²) in [6.07, 6.45) is 7.09. The lowest BCUT2D eigenvalue weighted by molar-refractivity contribution is -0.137. The van der Waals surface area contributed by atoms with Crippen LogP contribution in [0.3, 0.4) is 0 Å². The average Bonchev–Trinajstić information content (AvgIpc) is 3.17. The number of aryl methyl sites for hydroxylation is 1. The minimum absolute atomic E-state index is 0.171. The van der Waals surface area contributed by atoms with Crippen molar-refractivity contribution >= 4 is 53.1 Å². The summed E-state index contributed by atoms with van der Waals surface area (Å²) in [6.45, 7) is 2.70. The molecule has 0 aliphatic carbocycles. The number of allylic oxidation sites excluding steroid dienone is 1. The topological polar surface area (TPSA) is 74.8 Å². The van der Waals surface area contributed by atoms with Crippen molar-refractivity contribution in [2.75, 3.05) is 0 Å². The Labute approximate surface area is 167 Å². The van der Waals surface area contributed by atoms with Gasteiger partial charge in [0, 0.05) is 30.3 Å². The van der Waals surface area contributed by atoms with E-state index in [-0.39, 0.29) is 12.3 Å². The number of carboxylic acid groups (broad SMARTS) is 1. The van der Waals surface area contributed by atoms with E-state index in [0.29, 0.717) is 16.9 Å². The summed E-state index contributed by atoms with van der Waals surface area (Å²) < 4.78 is 2.35. The number of carboxylic acids is 1. The smallest absolute Gasteiger partial charge is 0.303 e. The molecule has 2 heterocycles. The molecule has 0 spiro atoms. The number of hydrogen-bond donors (Lipinski definition) is 2. The summed E-state index contributed by atoms with van der Waals surface area (Å²) in [5, 5.41) is 19.3. The molecule has 3 rings (SSSR count). The SMILES string of the molecule is CCc1cccc2c1N=C/C2=C/c1sc(=S)n(CCCCCC(=O)O)c1O. The standard InChI is InChI=1S/C20H22N2O3S2/c1-2-13-7-6-8-15-14(12-21-18(13)15)11-16-19(25)22(20(26)27-16)10-5-3-4-9-17(23)24/h6-8,11-12,25H,2-5,9-10H2,1H3,(H,23,24)/b14-11-. The van der Waals surface area contributed by atoms with Crippen LogP contribution in [0, 0.1) is 3.95 Å². The summed E-state index contributed by atoms with van der Waals surface area (Å²) in [5.41, 5.74) is 4.27. The zero-order valence-electron chi connectivity index (χ0n) is 15.1. The largest absolute Gasteiger partial charge is 0.493 e. The highest BCUT2D eigenvalue weighted by Gasteiger charge is 2.17. The number of fused-ring (bicyclic) bond motifs is 1. The van der Waals surface area contributed by atoms with E-state index in [1.807, 2.05) is 24.4 Å². The maximum atomic E-state index is 10.6. The Morgan fingerprint density at radius 2 is 2.15 bits per heavy atom. The van der Waals surface area contributed by atoms with Crippen LogP contribution in [-0.2, 0) is 17.8 Å². The molecule has 0 fully saturated rings. The van der Waals surface area contributed by atoms with Crippen molar-refractivity contribution in [1.29, 1.82) is 0 Å². The van der Waals surface area contributed by atoms with Gasteiger partial charge in [0.25, 0.3) is 0 Å². The Morgan fingerprint density at radius 1 is 1.33 bits per heavy atom. The number of aliphatic carboxylic acids is 1. The van der Waals surface area contributed by atoms with E-state index in [1.165, 1.54) is 16.9 Å². The first kappa shape index (κ1) is 19.5. The first-order valence-corrected chi connectivity index (χ1v) is 10.3. The number of para-hydroxylation sites is 1. The van der Waals surface area contributed by atoms with Gasteiger partial charge in [-0.2, -0.15) is 0 Å². The summed E-state index contributed by atoms with van der Waals surface area (Å²) in [6, 6.07) is 6.16. The Balaban J connectivity index is 1.77. The molecule has 5 nitrogen and oxygen atoms in total. The number of carbonyl (C=O) groups is 1. The van der Waals surface area contributed by atoms with Gasteiger partial charge >= 0.3 is 5.97 Å². The predicted octanol–water partition coefficient (Wildman–Crippen LogP) is 5.45. The normalized spacial score (nSPS) is 14.0. The fraction of sp³-hybridized carbons (Fsp3) is 0.350. The molecule has 2 aromatic rings. The van der Waals surface area contributed by atoms with E-state index in [9.17, 15) is 9.90 Å². The van der Waals surface area contributed by atoms with Crippen LogP contribution >= 0.6 is 23.6 Å². The second kappa shape index (κ2) is 8.63. The molecule has 0 radical (unpaired) electrons. The zero-order chi connectivity index (χ0) is 19.4. The van der Waals surface area contributed by atoms with E-state index in [1.54, 1.807) is 4.57 Å². The predicted molar refractivity (Wildman–Crippen MR) is 113 cm³/mol. The molecule has 27 heavy (non-hydrogen) atoms. The minimum atomic E-state index is -0.774. The lowest BCUT2D eigenvalue weighted by Gasteiger charge is -2.05. The van der Waals surface area contributed by atoms with Crippen LogP contribution in [0.25, 0.3) is 11.6 Å². The summed E-state index contributed by atoms with van der Waals surface area (Å²) in [7, 11) is 0. The van der Waals surface area contributed by atoms with E-state index in [2.05, 4.69) is 18.0 Å². The number of aromatic hydroxyl groups is 1. The number of unbranched alkanes of at least 4 members (excludes halogenated alkanes) is 2. The fourth-order valence-corrected chi connectivity index (χ4v) is 4.46. The lowest BCUT2D eigenvalue weighted by Crippen LogP contribution is -1.99. The minimum Gasteiger partial charge on any atom is -0.493 e. The highest BCUT2D eigenvalue weighted by molar-refractivity contribution is 7.73. The van der Waals surface area contributed by atoms with Crippen molar-refractivity contribution in [3.8, 4) is 5.88 Å². The molecule has 0 bridgehead atoms. The summed E-state index contributed by atoms with van der Waals surface area (Å²) >= 11 is 6.78. The Bertz CT molecular complexity index is 970. The van der Waals surface area contributed by atoms with Gasteiger partial charge in [0.15, 0.2) is 3.95 Å². The number of hydrogen-bond acceptors (Lipinski definition) is 5. The molecule has 0 saturated heterocycles. The highest BCUT2D eigenvalue weighted by Crippen LogP contribution is 2.38. The van der Waals surface area contributed by atoms with Crippen molar-refractivity contribution in [1.82, 2.24) is 4.57 Å². The van der Waals surface area contributed by atoms with Gasteiger partial charge in [-0.05, 0) is 43.1 Å². The Hall–Kier alpha value is -2.25. The second-order valence-electron chi connectivity index (χ2n) is 6.44. The third-order valence-electron chi connectivity index (χ3n) is 4.60. The first-order chi connectivity index (χ1) is 13.0. The average molecular weight is 403 g/mol. The number of thiazole rings is 1. The van der Waals surface area contributed by atoms with Crippen LogP contribution in [-0.4, -0.2) is 27.0 Å². The maximum Gasteiger partial charge on any atom is 0.303 e. The van der Waals surface area contributed by atoms with Crippen LogP contribution in [0.4, 0.5) is 5.69 Å². The third-order valence-corrected chi connectivity index (χ3v) is 5.98. The molecule has 142 valence electrons. The molecular formula is C20H22N2O3S2.